The molecule has 0 spiro atoms. The number of para-hydroxylation sites is 1. The number of nitrogens with zero attached hydrogens (tertiary/aromatic N) is 3. The van der Waals surface area contributed by atoms with Crippen molar-refractivity contribution in [2.45, 2.75) is 76.4 Å². The van der Waals surface area contributed by atoms with Gasteiger partial charge in [0, 0.05) is 44.4 Å². The maximum Gasteiger partial charge on any atom is 0.411 e. The molecule has 1 fully saturated rings. The lowest BCUT2D eigenvalue weighted by atomic mass is 10.0. The number of likely N-dealkylation sites (tertiary alicyclic amines) is 1. The normalized spacial score (nSPS) is 17.0. The number of carbonyl (C=O) groups is 5. The molecule has 3 aromatic carbocycles. The number of benzene rings is 3. The van der Waals surface area contributed by atoms with E-state index < -0.39 is 47.7 Å². The summed E-state index contributed by atoms with van der Waals surface area (Å²) in [5.41, 5.74) is 2.15. The quantitative estimate of drug-likeness (QED) is 0.192. The van der Waals surface area contributed by atoms with Crippen LogP contribution in [0, 0.1) is 0 Å². The van der Waals surface area contributed by atoms with Crippen LogP contribution in [-0.4, -0.2) is 93.1 Å². The third-order valence-corrected chi connectivity index (χ3v) is 8.74. The summed E-state index contributed by atoms with van der Waals surface area (Å²) >= 11 is 0. The molecule has 2 unspecified atom stereocenters. The third-order valence-electron chi connectivity index (χ3n) is 8.74. The van der Waals surface area contributed by atoms with Crippen LogP contribution in [0.2, 0.25) is 0 Å². The van der Waals surface area contributed by atoms with Crippen LogP contribution < -0.4 is 10.6 Å². The summed E-state index contributed by atoms with van der Waals surface area (Å²) < 4.78 is 6.90. The number of carbonyl (C=O) groups excluding carboxylic acids is 5. The number of β-amino-alcohol motifs (C(OH)–C–C–N with tert-alkyl or cyclic N) is 1. The lowest BCUT2D eigenvalue weighted by Gasteiger charge is -2.30. The number of fused-ring (bicyclic) bond motifs is 1. The van der Waals surface area contributed by atoms with Gasteiger partial charge in [0.25, 0.3) is 0 Å². The molecule has 4 atom stereocenters. The minimum atomic E-state index is -1.23. The maximum absolute atomic E-state index is 14.3. The molecule has 1 aromatic heterocycles. The molecule has 4 aromatic rings. The first kappa shape index (κ1) is 36.8. The number of aromatic nitrogens is 1. The van der Waals surface area contributed by atoms with Crippen LogP contribution >= 0.6 is 0 Å². The van der Waals surface area contributed by atoms with Gasteiger partial charge >= 0.3 is 6.09 Å². The predicted octanol–water partition coefficient (Wildman–Crippen LogP) is 3.46. The van der Waals surface area contributed by atoms with Gasteiger partial charge in [0.15, 0.2) is 0 Å². The van der Waals surface area contributed by atoms with Gasteiger partial charge in [-0.3, -0.25) is 28.6 Å². The summed E-state index contributed by atoms with van der Waals surface area (Å²) in [6.45, 7) is 5.31. The summed E-state index contributed by atoms with van der Waals surface area (Å²) in [6, 6.07) is 22.7. The van der Waals surface area contributed by atoms with E-state index in [4.69, 9.17) is 4.74 Å². The number of likely N-dealkylation sites (N-methyl/N-ethyl adjacent to an activating group) is 1. The number of hydrogen-bond donors (Lipinski definition) is 3. The molecule has 1 aliphatic heterocycles. The average Bonchev–Trinajstić information content (AvgIpc) is 3.67. The van der Waals surface area contributed by atoms with Gasteiger partial charge in [0.05, 0.1) is 18.2 Å². The summed E-state index contributed by atoms with van der Waals surface area (Å²) in [6.07, 6.45) is 0.641. The second-order valence-corrected chi connectivity index (χ2v) is 13.9. The third kappa shape index (κ3) is 9.40. The molecule has 12 nitrogen and oxygen atoms in total. The maximum atomic E-state index is 14.3. The zero-order valence-corrected chi connectivity index (χ0v) is 29.3. The van der Waals surface area contributed by atoms with E-state index >= 15 is 0 Å². The van der Waals surface area contributed by atoms with Gasteiger partial charge in [-0.2, -0.15) is 0 Å². The van der Waals surface area contributed by atoms with Crippen LogP contribution in [0.5, 0.6) is 0 Å². The summed E-state index contributed by atoms with van der Waals surface area (Å²) in [5, 5.41) is 16.9. The Morgan fingerprint density at radius 3 is 2.18 bits per heavy atom. The van der Waals surface area contributed by atoms with Crippen molar-refractivity contribution in [3.63, 3.8) is 0 Å². The van der Waals surface area contributed by atoms with Crippen LogP contribution in [0.4, 0.5) is 4.79 Å². The Hall–Kier alpha value is -5.49. The van der Waals surface area contributed by atoms with E-state index in [0.29, 0.717) is 29.4 Å². The Balaban J connectivity index is 1.45. The Labute approximate surface area is 297 Å². The van der Waals surface area contributed by atoms with Crippen molar-refractivity contribution < 1.29 is 33.8 Å². The number of nitrogens with one attached hydrogen (secondary N) is 2. The molecule has 5 rings (SSSR count). The van der Waals surface area contributed by atoms with E-state index in [1.54, 1.807) is 51.0 Å². The van der Waals surface area contributed by atoms with Gasteiger partial charge in [-0.05, 0) is 43.5 Å². The molecule has 2 heterocycles. The van der Waals surface area contributed by atoms with Crippen molar-refractivity contribution in [3.8, 4) is 0 Å². The summed E-state index contributed by atoms with van der Waals surface area (Å²) in [5.74, 6) is -1.62. The molecule has 0 aliphatic carbocycles. The standard InChI is InChI=1S/C39H45N5O7/c1-39(2,3)51-38(50)44-24-29(46)21-34(44)36(48)40-31(20-28-23-43(25-45)33-18-12-11-17-30(28)33)35(47)41-32(19-26-13-7-5-8-14-26)37(49)42(4)22-27-15-9-6-10-16-27/h5-18,23,25,29,31-32,34,46H,19-22,24H2,1-4H3,(H,40,48)(H,41,47)/t29?,31-,32+,34?/m1/s1. The van der Waals surface area contributed by atoms with Crippen LogP contribution in [-0.2, 0) is 43.3 Å². The highest BCUT2D eigenvalue weighted by Gasteiger charge is 2.42. The first-order chi connectivity index (χ1) is 24.3. The van der Waals surface area contributed by atoms with Gasteiger partial charge in [-0.1, -0.05) is 78.9 Å². The van der Waals surface area contributed by atoms with Gasteiger partial charge in [0.2, 0.25) is 24.1 Å². The van der Waals surface area contributed by atoms with E-state index in [2.05, 4.69) is 10.6 Å². The zero-order valence-electron chi connectivity index (χ0n) is 29.3. The lowest BCUT2D eigenvalue weighted by molar-refractivity contribution is -0.137. The molecule has 12 heteroatoms. The molecule has 51 heavy (non-hydrogen) atoms. The number of amides is 4. The molecular weight excluding hydrogens is 650 g/mol. The van der Waals surface area contributed by atoms with E-state index in [1.807, 2.05) is 72.8 Å². The van der Waals surface area contributed by atoms with Gasteiger partial charge in [-0.15, -0.1) is 0 Å². The molecule has 1 aliphatic rings. The van der Waals surface area contributed by atoms with E-state index in [0.717, 1.165) is 11.1 Å². The summed E-state index contributed by atoms with van der Waals surface area (Å²) in [4.78, 5) is 69.9. The van der Waals surface area contributed by atoms with Crippen molar-refractivity contribution in [2.24, 2.45) is 0 Å². The Morgan fingerprint density at radius 2 is 1.53 bits per heavy atom. The zero-order chi connectivity index (χ0) is 36.7. The number of aliphatic hydroxyl groups excluding tert-OH is 1. The van der Waals surface area contributed by atoms with Gasteiger partial charge < -0.3 is 25.4 Å². The minimum Gasteiger partial charge on any atom is -0.444 e. The van der Waals surface area contributed by atoms with Crippen molar-refractivity contribution in [2.75, 3.05) is 13.6 Å². The van der Waals surface area contributed by atoms with Crippen LogP contribution in [0.3, 0.4) is 0 Å². The molecular formula is C39H45N5O7. The molecule has 268 valence electrons. The minimum absolute atomic E-state index is 0.0350. The fraction of sp³-hybridized carbons (Fsp3) is 0.359. The second-order valence-electron chi connectivity index (χ2n) is 13.9. The van der Waals surface area contributed by atoms with E-state index in [9.17, 15) is 29.1 Å². The largest absolute Gasteiger partial charge is 0.444 e. The number of ether oxygens (including phenoxy) is 1. The average molecular weight is 696 g/mol. The SMILES string of the molecule is CN(Cc1ccccc1)C(=O)[C@H](Cc1ccccc1)NC(=O)[C@@H](Cc1cn(C=O)c2ccccc12)NC(=O)C1CC(O)CN1C(=O)OC(C)(C)C. The van der Waals surface area contributed by atoms with Crippen molar-refractivity contribution in [1.82, 2.24) is 25.0 Å². The Kier molecular flexibility index (Phi) is 11.6. The van der Waals surface area contributed by atoms with Crippen molar-refractivity contribution in [3.05, 3.63) is 108 Å². The highest BCUT2D eigenvalue weighted by Crippen LogP contribution is 2.24. The van der Waals surface area contributed by atoms with E-state index in [-0.39, 0.29) is 31.7 Å². The fourth-order valence-electron chi connectivity index (χ4n) is 6.33. The first-order valence-electron chi connectivity index (χ1n) is 17.0. The number of hydrogen-bond acceptors (Lipinski definition) is 7. The van der Waals surface area contributed by atoms with Crippen LogP contribution in [0.25, 0.3) is 10.9 Å². The topological polar surface area (TPSA) is 150 Å². The Bertz CT molecular complexity index is 1850. The highest BCUT2D eigenvalue weighted by molar-refractivity contribution is 5.95. The van der Waals surface area contributed by atoms with Crippen molar-refractivity contribution in [1.29, 1.82) is 0 Å². The van der Waals surface area contributed by atoms with Crippen LogP contribution in [0.15, 0.2) is 91.1 Å². The molecule has 3 N–H and O–H groups in total. The van der Waals surface area contributed by atoms with Crippen molar-refractivity contribution >= 4 is 41.1 Å². The van der Waals surface area contributed by atoms with Gasteiger partial charge in [0.1, 0.15) is 23.7 Å². The number of rotatable bonds is 12. The summed E-state index contributed by atoms with van der Waals surface area (Å²) in [7, 11) is 1.67. The van der Waals surface area contributed by atoms with Crippen LogP contribution in [0.1, 0.15) is 43.9 Å². The monoisotopic (exact) mass is 695 g/mol. The smallest absolute Gasteiger partial charge is 0.411 e. The molecule has 0 saturated carbocycles. The molecule has 1 saturated heterocycles. The molecule has 0 radical (unpaired) electrons. The number of aliphatic hydroxyl groups is 1. The predicted molar refractivity (Wildman–Crippen MR) is 192 cm³/mol. The fourth-order valence-corrected chi connectivity index (χ4v) is 6.33. The highest BCUT2D eigenvalue weighted by atomic mass is 16.6. The first-order valence-corrected chi connectivity index (χ1v) is 17.0. The Morgan fingerprint density at radius 1 is 0.902 bits per heavy atom. The molecule has 0 bridgehead atoms. The second kappa shape index (κ2) is 16.0. The van der Waals surface area contributed by atoms with E-state index in [1.165, 1.54) is 9.47 Å². The molecule has 4 amide bonds. The van der Waals surface area contributed by atoms with Gasteiger partial charge in [-0.25, -0.2) is 4.79 Å². The lowest BCUT2D eigenvalue weighted by Crippen LogP contribution is -2.57.